The van der Waals surface area contributed by atoms with Crippen LogP contribution in [0.5, 0.6) is 0 Å². The molecular weight excluding hydrogens is 146 g/mol. The fourth-order valence-electron chi connectivity index (χ4n) is 0.344. The number of allylic oxidation sites excluding steroid dienone is 1. The van der Waals surface area contributed by atoms with E-state index in [1.54, 1.807) is 0 Å². The Labute approximate surface area is 63.9 Å². The molecule has 0 amide bonds. The highest BCUT2D eigenvalue weighted by molar-refractivity contribution is 5.82. The molecule has 0 aromatic heterocycles. The van der Waals surface area contributed by atoms with Crippen LogP contribution in [-0.4, -0.2) is 12.0 Å². The number of isocyanates is 1. The van der Waals surface area contributed by atoms with Gasteiger partial charge in [0, 0.05) is 6.08 Å². The lowest BCUT2D eigenvalue weighted by molar-refractivity contribution is -0.133. The first-order valence-corrected chi connectivity index (χ1v) is 2.78. The highest BCUT2D eigenvalue weighted by Crippen LogP contribution is 1.95. The van der Waals surface area contributed by atoms with Gasteiger partial charge in [-0.15, -0.1) is 0 Å². The van der Waals surface area contributed by atoms with Gasteiger partial charge in [0.2, 0.25) is 6.08 Å². The van der Waals surface area contributed by atoms with Crippen LogP contribution < -0.4 is 0 Å². The minimum atomic E-state index is -0.583. The van der Waals surface area contributed by atoms with E-state index in [2.05, 4.69) is 16.3 Å². The minimum Gasteiger partial charge on any atom is -0.427 e. The second-order valence-electron chi connectivity index (χ2n) is 1.59. The van der Waals surface area contributed by atoms with Gasteiger partial charge in [0.1, 0.15) is 5.76 Å². The van der Waals surface area contributed by atoms with Gasteiger partial charge in [0.15, 0.2) is 0 Å². The van der Waals surface area contributed by atoms with Crippen molar-refractivity contribution in [3.8, 4) is 0 Å². The smallest absolute Gasteiger partial charge is 0.335 e. The summed E-state index contributed by atoms with van der Waals surface area (Å²) in [7, 11) is 0. The van der Waals surface area contributed by atoms with E-state index in [9.17, 15) is 9.59 Å². The van der Waals surface area contributed by atoms with Crippen molar-refractivity contribution < 1.29 is 14.3 Å². The first-order chi connectivity index (χ1) is 5.20. The van der Waals surface area contributed by atoms with E-state index < -0.39 is 5.97 Å². The predicted molar refractivity (Wildman–Crippen MR) is 38.2 cm³/mol. The second kappa shape index (κ2) is 5.14. The molecule has 0 aliphatic rings. The number of carbonyl (C=O) groups is 1. The zero-order valence-electron chi connectivity index (χ0n) is 6.03. The third-order valence-electron chi connectivity index (χ3n) is 0.727. The zero-order valence-corrected chi connectivity index (χ0v) is 6.03. The summed E-state index contributed by atoms with van der Waals surface area (Å²) in [6.45, 7) is 4.67. The van der Waals surface area contributed by atoms with Gasteiger partial charge in [-0.2, -0.15) is 4.99 Å². The van der Waals surface area contributed by atoms with Gasteiger partial charge in [0.25, 0.3) is 0 Å². The molecule has 4 heteroatoms. The van der Waals surface area contributed by atoms with Gasteiger partial charge >= 0.3 is 5.97 Å². The first kappa shape index (κ1) is 9.33. The van der Waals surface area contributed by atoms with Crippen LogP contribution >= 0.6 is 0 Å². The van der Waals surface area contributed by atoms with Gasteiger partial charge < -0.3 is 4.74 Å². The molecule has 0 heterocycles. The number of carbonyl (C=O) groups excluding carboxylic acids is 2. The summed E-state index contributed by atoms with van der Waals surface area (Å²) in [5, 5.41) is 0. The van der Waals surface area contributed by atoms with Crippen molar-refractivity contribution in [2.75, 3.05) is 0 Å². The molecule has 0 fully saturated rings. The Morgan fingerprint density at radius 3 is 2.82 bits per heavy atom. The van der Waals surface area contributed by atoms with Crippen LogP contribution in [0.2, 0.25) is 0 Å². The Hall–Kier alpha value is -1.67. The molecule has 0 unspecified atom stereocenters. The lowest BCUT2D eigenvalue weighted by atomic mass is 10.6. The van der Waals surface area contributed by atoms with Crippen molar-refractivity contribution in [3.05, 3.63) is 24.6 Å². The SMILES string of the molecule is C=CC(=O)OC(C)=CN=C=O. The van der Waals surface area contributed by atoms with E-state index >= 15 is 0 Å². The number of esters is 1. The van der Waals surface area contributed by atoms with Crippen molar-refractivity contribution in [2.45, 2.75) is 6.92 Å². The molecular formula is C7H7NO3. The number of aliphatic imine (C=N–C) groups is 1. The highest BCUT2D eigenvalue weighted by atomic mass is 16.5. The number of hydrogen-bond acceptors (Lipinski definition) is 4. The Morgan fingerprint density at radius 1 is 1.73 bits per heavy atom. The molecule has 0 aromatic rings. The number of rotatable bonds is 3. The van der Waals surface area contributed by atoms with Crippen LogP contribution in [0.3, 0.4) is 0 Å². The van der Waals surface area contributed by atoms with Gasteiger partial charge in [-0.1, -0.05) is 6.58 Å². The summed E-state index contributed by atoms with van der Waals surface area (Å²) >= 11 is 0. The maximum absolute atomic E-state index is 10.5. The minimum absolute atomic E-state index is 0.221. The van der Waals surface area contributed by atoms with Crippen molar-refractivity contribution in [3.63, 3.8) is 0 Å². The van der Waals surface area contributed by atoms with E-state index in [0.717, 1.165) is 12.3 Å². The van der Waals surface area contributed by atoms with Crippen LogP contribution in [0.4, 0.5) is 0 Å². The van der Waals surface area contributed by atoms with Crippen LogP contribution in [0.15, 0.2) is 29.6 Å². The maximum Gasteiger partial charge on any atom is 0.335 e. The highest BCUT2D eigenvalue weighted by Gasteiger charge is 1.95. The van der Waals surface area contributed by atoms with Gasteiger partial charge in [-0.05, 0) is 6.92 Å². The van der Waals surface area contributed by atoms with Gasteiger partial charge in [-0.25, -0.2) is 9.59 Å². The maximum atomic E-state index is 10.5. The quantitative estimate of drug-likeness (QED) is 0.199. The average molecular weight is 153 g/mol. The van der Waals surface area contributed by atoms with E-state index in [1.165, 1.54) is 13.0 Å². The fourth-order valence-corrected chi connectivity index (χ4v) is 0.344. The summed E-state index contributed by atoms with van der Waals surface area (Å²) in [5.41, 5.74) is 0. The molecule has 58 valence electrons. The average Bonchev–Trinajstić information content (AvgIpc) is 2.00. The number of hydrogen-bond donors (Lipinski definition) is 0. The normalized spacial score (nSPS) is 9.73. The molecule has 0 aliphatic heterocycles. The molecule has 0 rings (SSSR count). The summed E-state index contributed by atoms with van der Waals surface area (Å²) in [5.74, 6) is -0.363. The van der Waals surface area contributed by atoms with E-state index in [0.29, 0.717) is 0 Å². The largest absolute Gasteiger partial charge is 0.427 e. The van der Waals surface area contributed by atoms with Crippen molar-refractivity contribution in [1.82, 2.24) is 0 Å². The molecule has 0 aliphatic carbocycles. The Kier molecular flexibility index (Phi) is 4.36. The molecule has 4 nitrogen and oxygen atoms in total. The predicted octanol–water partition coefficient (Wildman–Crippen LogP) is 0.913. The Balaban J connectivity index is 4.05. The lowest BCUT2D eigenvalue weighted by Crippen LogP contribution is -1.96. The van der Waals surface area contributed by atoms with E-state index in [1.807, 2.05) is 0 Å². The van der Waals surface area contributed by atoms with Crippen LogP contribution in [-0.2, 0) is 14.3 Å². The molecule has 0 saturated heterocycles. The number of nitrogens with zero attached hydrogens (tertiary/aromatic N) is 1. The molecule has 0 spiro atoms. The van der Waals surface area contributed by atoms with Crippen molar-refractivity contribution >= 4 is 12.0 Å². The van der Waals surface area contributed by atoms with E-state index in [4.69, 9.17) is 0 Å². The molecule has 0 N–H and O–H groups in total. The topological polar surface area (TPSA) is 55.7 Å². The number of ether oxygens (including phenoxy) is 1. The van der Waals surface area contributed by atoms with Crippen LogP contribution in [0.1, 0.15) is 6.92 Å². The van der Waals surface area contributed by atoms with Gasteiger partial charge in [0.05, 0.1) is 6.20 Å². The fraction of sp³-hybridized carbons (Fsp3) is 0.143. The summed E-state index contributed by atoms with van der Waals surface area (Å²) < 4.78 is 4.53. The van der Waals surface area contributed by atoms with Crippen molar-refractivity contribution in [1.29, 1.82) is 0 Å². The molecule has 0 bridgehead atoms. The lowest BCUT2D eigenvalue weighted by Gasteiger charge is -1.96. The van der Waals surface area contributed by atoms with Crippen LogP contribution in [0, 0.1) is 0 Å². The monoisotopic (exact) mass is 153 g/mol. The molecule has 0 aromatic carbocycles. The second-order valence-corrected chi connectivity index (χ2v) is 1.59. The molecule has 11 heavy (non-hydrogen) atoms. The summed E-state index contributed by atoms with van der Waals surface area (Å²) in [4.78, 5) is 23.1. The third-order valence-corrected chi connectivity index (χ3v) is 0.727. The Bertz CT molecular complexity index is 236. The first-order valence-electron chi connectivity index (χ1n) is 2.78. The van der Waals surface area contributed by atoms with E-state index in [-0.39, 0.29) is 5.76 Å². The standard InChI is InChI=1S/C7H7NO3/c1-3-7(10)11-6(2)4-8-5-9/h3-4H,1H2,2H3. The molecule has 0 radical (unpaired) electrons. The third kappa shape index (κ3) is 4.81. The summed E-state index contributed by atoms with van der Waals surface area (Å²) in [6.07, 6.45) is 3.38. The molecule has 0 atom stereocenters. The van der Waals surface area contributed by atoms with Crippen LogP contribution in [0.25, 0.3) is 0 Å². The Morgan fingerprint density at radius 2 is 2.36 bits per heavy atom. The zero-order chi connectivity index (χ0) is 8.69. The van der Waals surface area contributed by atoms with Gasteiger partial charge in [-0.3, -0.25) is 0 Å². The summed E-state index contributed by atoms with van der Waals surface area (Å²) in [6, 6.07) is 0. The molecule has 0 saturated carbocycles. The van der Waals surface area contributed by atoms with Crippen molar-refractivity contribution in [2.24, 2.45) is 4.99 Å².